The zero-order valence-corrected chi connectivity index (χ0v) is 8.64. The fourth-order valence-corrected chi connectivity index (χ4v) is 1.11. The van der Waals surface area contributed by atoms with Crippen molar-refractivity contribution in [2.45, 2.75) is 32.1 Å². The fourth-order valence-electron chi connectivity index (χ4n) is 1.11. The quantitative estimate of drug-likeness (QED) is 0.435. The summed E-state index contributed by atoms with van der Waals surface area (Å²) in [7, 11) is 1.75. The molecule has 13 heavy (non-hydrogen) atoms. The van der Waals surface area contributed by atoms with Crippen LogP contribution in [-0.4, -0.2) is 26.8 Å². The topological polar surface area (TPSA) is 21.3 Å². The highest BCUT2D eigenvalue weighted by molar-refractivity contribution is 4.83. The predicted octanol–water partition coefficient (Wildman–Crippen LogP) is 1.81. The van der Waals surface area contributed by atoms with Gasteiger partial charge in [-0.1, -0.05) is 0 Å². The maximum absolute atomic E-state index is 5.13. The number of nitrogens with one attached hydrogen (secondary N) is 1. The predicted molar refractivity (Wildman–Crippen MR) is 56.7 cm³/mol. The molecule has 0 fully saturated rings. The van der Waals surface area contributed by atoms with Crippen LogP contribution in [0.1, 0.15) is 32.1 Å². The van der Waals surface area contributed by atoms with Crippen LogP contribution in [-0.2, 0) is 4.74 Å². The number of hydrogen-bond donors (Lipinski definition) is 1. The molecule has 0 radical (unpaired) electrons. The molecule has 0 bridgehead atoms. The zero-order chi connectivity index (χ0) is 9.78. The molecular formula is C11H21NO. The summed E-state index contributed by atoms with van der Waals surface area (Å²) in [4.78, 5) is 0. The van der Waals surface area contributed by atoms with E-state index in [-0.39, 0.29) is 0 Å². The highest BCUT2D eigenvalue weighted by Gasteiger charge is 1.89. The summed E-state index contributed by atoms with van der Waals surface area (Å²) in [5.41, 5.74) is 0. The Kier molecular flexibility index (Phi) is 11.0. The van der Waals surface area contributed by atoms with Gasteiger partial charge >= 0.3 is 0 Å². The van der Waals surface area contributed by atoms with E-state index in [0.717, 1.165) is 32.5 Å². The second-order valence-corrected chi connectivity index (χ2v) is 3.11. The molecule has 0 rings (SSSR count). The molecule has 0 amide bonds. The molecule has 0 aromatic carbocycles. The van der Waals surface area contributed by atoms with Gasteiger partial charge in [-0.2, -0.15) is 0 Å². The Morgan fingerprint density at radius 2 is 1.92 bits per heavy atom. The van der Waals surface area contributed by atoms with Crippen molar-refractivity contribution in [1.29, 1.82) is 0 Å². The minimum Gasteiger partial charge on any atom is -0.385 e. The molecule has 0 saturated carbocycles. The number of methoxy groups -OCH3 is 1. The van der Waals surface area contributed by atoms with Crippen LogP contribution in [0.15, 0.2) is 0 Å². The van der Waals surface area contributed by atoms with Crippen LogP contribution in [0.2, 0.25) is 0 Å². The van der Waals surface area contributed by atoms with E-state index in [4.69, 9.17) is 11.2 Å². The third kappa shape index (κ3) is 11.5. The SMILES string of the molecule is C#CCCCNCCCCCOC. The first-order chi connectivity index (χ1) is 6.41. The van der Waals surface area contributed by atoms with Crippen molar-refractivity contribution in [1.82, 2.24) is 5.32 Å². The maximum Gasteiger partial charge on any atom is 0.0462 e. The lowest BCUT2D eigenvalue weighted by Gasteiger charge is -2.02. The van der Waals surface area contributed by atoms with Crippen LogP contribution >= 0.6 is 0 Å². The Bertz CT molecular complexity index is 129. The van der Waals surface area contributed by atoms with Gasteiger partial charge in [0.2, 0.25) is 0 Å². The molecule has 0 atom stereocenters. The van der Waals surface area contributed by atoms with Crippen molar-refractivity contribution in [3.05, 3.63) is 0 Å². The molecule has 0 saturated heterocycles. The smallest absolute Gasteiger partial charge is 0.0462 e. The molecule has 0 aliphatic carbocycles. The summed E-state index contributed by atoms with van der Waals surface area (Å²) < 4.78 is 4.96. The van der Waals surface area contributed by atoms with E-state index in [9.17, 15) is 0 Å². The molecule has 0 aliphatic heterocycles. The molecular weight excluding hydrogens is 162 g/mol. The number of rotatable bonds is 9. The van der Waals surface area contributed by atoms with Crippen LogP contribution in [0.25, 0.3) is 0 Å². The number of hydrogen-bond acceptors (Lipinski definition) is 2. The average molecular weight is 183 g/mol. The summed E-state index contributed by atoms with van der Waals surface area (Å²) in [6, 6.07) is 0. The van der Waals surface area contributed by atoms with Crippen molar-refractivity contribution in [3.8, 4) is 12.3 Å². The number of unbranched alkanes of at least 4 members (excludes halogenated alkanes) is 3. The first-order valence-corrected chi connectivity index (χ1v) is 5.05. The van der Waals surface area contributed by atoms with Crippen molar-refractivity contribution in [2.75, 3.05) is 26.8 Å². The van der Waals surface area contributed by atoms with E-state index in [1.807, 2.05) is 0 Å². The van der Waals surface area contributed by atoms with Crippen LogP contribution in [0.3, 0.4) is 0 Å². The summed E-state index contributed by atoms with van der Waals surface area (Å²) in [5, 5.41) is 3.36. The summed E-state index contributed by atoms with van der Waals surface area (Å²) in [6.07, 6.45) is 10.8. The Hall–Kier alpha value is -0.520. The van der Waals surface area contributed by atoms with E-state index >= 15 is 0 Å². The summed E-state index contributed by atoms with van der Waals surface area (Å²) in [5.74, 6) is 2.63. The Balaban J connectivity index is 2.80. The van der Waals surface area contributed by atoms with E-state index < -0.39 is 0 Å². The summed E-state index contributed by atoms with van der Waals surface area (Å²) in [6.45, 7) is 3.04. The molecule has 0 unspecified atom stereocenters. The van der Waals surface area contributed by atoms with Crippen LogP contribution in [0.4, 0.5) is 0 Å². The highest BCUT2D eigenvalue weighted by atomic mass is 16.5. The fraction of sp³-hybridized carbons (Fsp3) is 0.818. The maximum atomic E-state index is 5.13. The Labute approximate surface area is 82.1 Å². The van der Waals surface area contributed by atoms with E-state index in [1.165, 1.54) is 19.3 Å². The molecule has 0 heterocycles. The first-order valence-electron chi connectivity index (χ1n) is 5.05. The molecule has 0 aromatic rings. The molecule has 0 aliphatic rings. The van der Waals surface area contributed by atoms with Crippen molar-refractivity contribution in [3.63, 3.8) is 0 Å². The van der Waals surface area contributed by atoms with E-state index in [1.54, 1.807) is 7.11 Å². The number of terminal acetylenes is 1. The molecule has 0 spiro atoms. The average Bonchev–Trinajstić information content (AvgIpc) is 2.16. The molecule has 2 nitrogen and oxygen atoms in total. The Morgan fingerprint density at radius 1 is 1.15 bits per heavy atom. The van der Waals surface area contributed by atoms with E-state index in [0.29, 0.717) is 0 Å². The lowest BCUT2D eigenvalue weighted by Crippen LogP contribution is -2.16. The van der Waals surface area contributed by atoms with Crippen molar-refractivity contribution < 1.29 is 4.74 Å². The largest absolute Gasteiger partial charge is 0.385 e. The van der Waals surface area contributed by atoms with E-state index in [2.05, 4.69) is 11.2 Å². The highest BCUT2D eigenvalue weighted by Crippen LogP contribution is 1.93. The minimum absolute atomic E-state index is 0.886. The molecule has 0 aromatic heterocycles. The zero-order valence-electron chi connectivity index (χ0n) is 8.64. The Morgan fingerprint density at radius 3 is 2.62 bits per heavy atom. The minimum atomic E-state index is 0.886. The van der Waals surface area contributed by atoms with Crippen LogP contribution in [0.5, 0.6) is 0 Å². The van der Waals surface area contributed by atoms with Crippen LogP contribution in [0, 0.1) is 12.3 Å². The summed E-state index contributed by atoms with van der Waals surface area (Å²) >= 11 is 0. The van der Waals surface area contributed by atoms with Gasteiger partial charge in [0.15, 0.2) is 0 Å². The third-order valence-corrected chi connectivity index (χ3v) is 1.88. The van der Waals surface area contributed by atoms with Gasteiger partial charge < -0.3 is 10.1 Å². The first kappa shape index (κ1) is 12.5. The van der Waals surface area contributed by atoms with Crippen molar-refractivity contribution >= 4 is 0 Å². The standard InChI is InChI=1S/C11H21NO/c1-3-4-6-9-12-10-7-5-8-11-13-2/h1,12H,4-11H2,2H3. The van der Waals surface area contributed by atoms with Gasteiger partial charge in [-0.15, -0.1) is 12.3 Å². The van der Waals surface area contributed by atoms with Gasteiger partial charge in [0.25, 0.3) is 0 Å². The van der Waals surface area contributed by atoms with Crippen molar-refractivity contribution in [2.24, 2.45) is 0 Å². The second kappa shape index (κ2) is 11.5. The van der Waals surface area contributed by atoms with Gasteiger partial charge in [0.05, 0.1) is 0 Å². The molecule has 76 valence electrons. The number of ether oxygens (including phenoxy) is 1. The van der Waals surface area contributed by atoms with Gasteiger partial charge in [-0.05, 0) is 38.8 Å². The normalized spacial score (nSPS) is 9.85. The lowest BCUT2D eigenvalue weighted by atomic mass is 10.2. The van der Waals surface area contributed by atoms with Gasteiger partial charge in [-0.3, -0.25) is 0 Å². The molecule has 2 heteroatoms. The lowest BCUT2D eigenvalue weighted by molar-refractivity contribution is 0.192. The second-order valence-electron chi connectivity index (χ2n) is 3.11. The van der Waals surface area contributed by atoms with Gasteiger partial charge in [-0.25, -0.2) is 0 Å². The molecule has 1 N–H and O–H groups in total. The van der Waals surface area contributed by atoms with Gasteiger partial charge in [0, 0.05) is 20.1 Å². The monoisotopic (exact) mass is 183 g/mol. The van der Waals surface area contributed by atoms with Gasteiger partial charge in [0.1, 0.15) is 0 Å². The third-order valence-electron chi connectivity index (χ3n) is 1.88. The van der Waals surface area contributed by atoms with Crippen LogP contribution < -0.4 is 5.32 Å².